The molecule has 0 spiro atoms. The molecule has 2 atom stereocenters. The predicted molar refractivity (Wildman–Crippen MR) is 52.2 cm³/mol. The van der Waals surface area contributed by atoms with E-state index in [4.69, 9.17) is 5.73 Å². The Morgan fingerprint density at radius 2 is 2.25 bits per heavy atom. The first kappa shape index (κ1) is 8.85. The number of hydrogen-bond acceptors (Lipinski definition) is 3. The molecule has 1 saturated carbocycles. The highest BCUT2D eigenvalue weighted by Crippen LogP contribution is 2.38. The van der Waals surface area contributed by atoms with Crippen LogP contribution in [-0.2, 0) is 0 Å². The van der Waals surface area contributed by atoms with Gasteiger partial charge in [0.15, 0.2) is 0 Å². The van der Waals surface area contributed by atoms with Crippen molar-refractivity contribution >= 4 is 11.8 Å². The Hall–Kier alpha value is 0.270. The summed E-state index contributed by atoms with van der Waals surface area (Å²) >= 11 is 1.83. The molecular formula is C9H17NOS. The highest BCUT2D eigenvalue weighted by Gasteiger charge is 2.43. The monoisotopic (exact) mass is 187 g/mol. The Morgan fingerprint density at radius 1 is 1.50 bits per heavy atom. The second-order valence-electron chi connectivity index (χ2n) is 4.12. The van der Waals surface area contributed by atoms with Gasteiger partial charge < -0.3 is 10.8 Å². The number of nitrogens with two attached hydrogens (primary N) is 1. The molecule has 2 aliphatic rings. The zero-order valence-corrected chi connectivity index (χ0v) is 8.15. The first-order valence-corrected chi connectivity index (χ1v) is 5.93. The van der Waals surface area contributed by atoms with Gasteiger partial charge in [0, 0.05) is 11.8 Å². The van der Waals surface area contributed by atoms with Gasteiger partial charge in [-0.1, -0.05) is 6.42 Å². The lowest BCUT2D eigenvalue weighted by Crippen LogP contribution is -2.54. The van der Waals surface area contributed by atoms with Crippen LogP contribution in [0.3, 0.4) is 0 Å². The topological polar surface area (TPSA) is 46.2 Å². The van der Waals surface area contributed by atoms with Gasteiger partial charge in [-0.3, -0.25) is 0 Å². The Kier molecular flexibility index (Phi) is 2.36. The van der Waals surface area contributed by atoms with Crippen molar-refractivity contribution in [3.8, 4) is 0 Å². The van der Waals surface area contributed by atoms with E-state index in [0.29, 0.717) is 5.92 Å². The SMILES string of the molecule is NC(C1CCC1)C1(O)CCSC1. The fourth-order valence-corrected chi connectivity index (χ4v) is 3.40. The standard InChI is InChI=1S/C9H17NOS/c10-8(7-2-1-3-7)9(11)4-5-12-6-9/h7-8,11H,1-6,10H2. The van der Waals surface area contributed by atoms with Crippen LogP contribution in [0.15, 0.2) is 0 Å². The molecule has 0 radical (unpaired) electrons. The molecule has 1 aliphatic carbocycles. The average molecular weight is 187 g/mol. The van der Waals surface area contributed by atoms with Gasteiger partial charge in [0.05, 0.1) is 5.60 Å². The Morgan fingerprint density at radius 3 is 2.67 bits per heavy atom. The van der Waals surface area contributed by atoms with E-state index in [-0.39, 0.29) is 6.04 Å². The minimum atomic E-state index is -0.532. The van der Waals surface area contributed by atoms with Crippen molar-refractivity contribution in [2.75, 3.05) is 11.5 Å². The third kappa shape index (κ3) is 1.38. The third-order valence-corrected chi connectivity index (χ3v) is 4.51. The molecule has 2 rings (SSSR count). The lowest BCUT2D eigenvalue weighted by atomic mass is 9.73. The molecule has 3 heteroatoms. The van der Waals surface area contributed by atoms with E-state index in [1.54, 1.807) is 0 Å². The first-order chi connectivity index (χ1) is 5.72. The van der Waals surface area contributed by atoms with E-state index < -0.39 is 5.60 Å². The first-order valence-electron chi connectivity index (χ1n) is 4.78. The van der Waals surface area contributed by atoms with Gasteiger partial charge in [0.1, 0.15) is 0 Å². The van der Waals surface area contributed by atoms with Gasteiger partial charge in [-0.15, -0.1) is 0 Å². The van der Waals surface area contributed by atoms with Crippen molar-refractivity contribution in [3.05, 3.63) is 0 Å². The summed E-state index contributed by atoms with van der Waals surface area (Å²) in [5, 5.41) is 10.1. The second kappa shape index (κ2) is 3.20. The lowest BCUT2D eigenvalue weighted by molar-refractivity contribution is 0.00431. The molecule has 2 nitrogen and oxygen atoms in total. The predicted octanol–water partition coefficient (Wildman–Crippen LogP) is 0.982. The largest absolute Gasteiger partial charge is 0.387 e. The molecule has 0 amide bonds. The summed E-state index contributed by atoms with van der Waals surface area (Å²) < 4.78 is 0. The molecule has 70 valence electrons. The smallest absolute Gasteiger partial charge is 0.0898 e. The Labute approximate surface area is 77.9 Å². The van der Waals surface area contributed by atoms with Crippen molar-refractivity contribution in [1.29, 1.82) is 0 Å². The van der Waals surface area contributed by atoms with Crippen molar-refractivity contribution in [3.63, 3.8) is 0 Å². The molecule has 1 heterocycles. The lowest BCUT2D eigenvalue weighted by Gasteiger charge is -2.39. The van der Waals surface area contributed by atoms with Crippen LogP contribution < -0.4 is 5.73 Å². The fourth-order valence-electron chi connectivity index (χ4n) is 2.07. The van der Waals surface area contributed by atoms with Gasteiger partial charge >= 0.3 is 0 Å². The van der Waals surface area contributed by atoms with Crippen LogP contribution in [0.4, 0.5) is 0 Å². The quantitative estimate of drug-likeness (QED) is 0.677. The zero-order valence-electron chi connectivity index (χ0n) is 7.33. The summed E-state index contributed by atoms with van der Waals surface area (Å²) in [6.45, 7) is 0. The summed E-state index contributed by atoms with van der Waals surface area (Å²) in [4.78, 5) is 0. The van der Waals surface area contributed by atoms with Crippen molar-refractivity contribution in [2.24, 2.45) is 11.7 Å². The van der Waals surface area contributed by atoms with Crippen LogP contribution in [0.25, 0.3) is 0 Å². The van der Waals surface area contributed by atoms with E-state index >= 15 is 0 Å². The molecule has 0 aromatic carbocycles. The highest BCUT2D eigenvalue weighted by molar-refractivity contribution is 7.99. The number of rotatable bonds is 2. The van der Waals surface area contributed by atoms with Gasteiger partial charge in [0.2, 0.25) is 0 Å². The van der Waals surface area contributed by atoms with Crippen LogP contribution >= 0.6 is 11.8 Å². The van der Waals surface area contributed by atoms with Crippen molar-refractivity contribution in [1.82, 2.24) is 0 Å². The second-order valence-corrected chi connectivity index (χ2v) is 5.23. The van der Waals surface area contributed by atoms with E-state index in [1.165, 1.54) is 19.3 Å². The summed E-state index contributed by atoms with van der Waals surface area (Å²) in [7, 11) is 0. The van der Waals surface area contributed by atoms with Crippen LogP contribution in [0.5, 0.6) is 0 Å². The number of thioether (sulfide) groups is 1. The average Bonchev–Trinajstić information content (AvgIpc) is 2.33. The van der Waals surface area contributed by atoms with E-state index in [2.05, 4.69) is 0 Å². The number of hydrogen-bond donors (Lipinski definition) is 2. The van der Waals surface area contributed by atoms with Gasteiger partial charge in [-0.05, 0) is 30.9 Å². The summed E-state index contributed by atoms with van der Waals surface area (Å²) in [5.74, 6) is 2.54. The minimum absolute atomic E-state index is 0.0428. The van der Waals surface area contributed by atoms with E-state index in [0.717, 1.165) is 17.9 Å². The molecular weight excluding hydrogens is 170 g/mol. The van der Waals surface area contributed by atoms with E-state index in [9.17, 15) is 5.11 Å². The Balaban J connectivity index is 1.96. The summed E-state index contributed by atoms with van der Waals surface area (Å²) in [6.07, 6.45) is 4.67. The maximum atomic E-state index is 10.1. The van der Waals surface area contributed by atoms with Gasteiger partial charge in [-0.2, -0.15) is 11.8 Å². The normalized spacial score (nSPS) is 39.5. The Bertz CT molecular complexity index is 164. The molecule has 2 fully saturated rings. The zero-order chi connectivity index (χ0) is 8.60. The van der Waals surface area contributed by atoms with Crippen LogP contribution in [0.2, 0.25) is 0 Å². The van der Waals surface area contributed by atoms with Crippen molar-refractivity contribution < 1.29 is 5.11 Å². The third-order valence-electron chi connectivity index (χ3n) is 3.31. The van der Waals surface area contributed by atoms with E-state index in [1.807, 2.05) is 11.8 Å². The van der Waals surface area contributed by atoms with Crippen LogP contribution in [-0.4, -0.2) is 28.3 Å². The highest BCUT2D eigenvalue weighted by atomic mass is 32.2. The summed E-state index contributed by atoms with van der Waals surface area (Å²) in [5.41, 5.74) is 5.52. The molecule has 0 bridgehead atoms. The maximum Gasteiger partial charge on any atom is 0.0898 e. The number of aliphatic hydroxyl groups is 1. The molecule has 0 aromatic rings. The van der Waals surface area contributed by atoms with Crippen LogP contribution in [0.1, 0.15) is 25.7 Å². The molecule has 1 saturated heterocycles. The van der Waals surface area contributed by atoms with Crippen LogP contribution in [0, 0.1) is 5.92 Å². The fraction of sp³-hybridized carbons (Fsp3) is 1.00. The maximum absolute atomic E-state index is 10.1. The summed E-state index contributed by atoms with van der Waals surface area (Å²) in [6, 6.07) is 0.0428. The van der Waals surface area contributed by atoms with Gasteiger partial charge in [-0.25, -0.2) is 0 Å². The molecule has 3 N–H and O–H groups in total. The molecule has 2 unspecified atom stereocenters. The molecule has 0 aromatic heterocycles. The van der Waals surface area contributed by atoms with Crippen molar-refractivity contribution in [2.45, 2.75) is 37.3 Å². The van der Waals surface area contributed by atoms with Gasteiger partial charge in [0.25, 0.3) is 0 Å². The molecule has 1 aliphatic heterocycles. The minimum Gasteiger partial charge on any atom is -0.387 e. The molecule has 12 heavy (non-hydrogen) atoms.